The lowest BCUT2D eigenvalue weighted by atomic mass is 9.88. The van der Waals surface area contributed by atoms with E-state index in [4.69, 9.17) is 4.42 Å². The van der Waals surface area contributed by atoms with Crippen LogP contribution in [0.4, 0.5) is 13.2 Å². The predicted molar refractivity (Wildman–Crippen MR) is 102 cm³/mol. The van der Waals surface area contributed by atoms with Crippen LogP contribution in [0.2, 0.25) is 0 Å². The van der Waals surface area contributed by atoms with Crippen molar-refractivity contribution in [2.75, 3.05) is 0 Å². The van der Waals surface area contributed by atoms with Gasteiger partial charge >= 0.3 is 6.43 Å². The summed E-state index contributed by atoms with van der Waals surface area (Å²) in [6.07, 6.45) is 1.57. The number of carbonyl (C=O) groups excluding carboxylic acids is 2. The van der Waals surface area contributed by atoms with Gasteiger partial charge in [-0.15, -0.1) is 10.2 Å². The number of aromatic nitrogens is 3. The van der Waals surface area contributed by atoms with Crippen molar-refractivity contribution in [1.29, 1.82) is 0 Å². The second-order valence-electron chi connectivity index (χ2n) is 8.30. The molecule has 1 aliphatic heterocycles. The van der Waals surface area contributed by atoms with Gasteiger partial charge in [0.05, 0.1) is 29.4 Å². The summed E-state index contributed by atoms with van der Waals surface area (Å²) in [5.74, 6) is -1.95. The highest BCUT2D eigenvalue weighted by atomic mass is 19.3. The minimum atomic E-state index is -2.89. The molecule has 1 aliphatic carbocycles. The van der Waals surface area contributed by atoms with Gasteiger partial charge in [-0.2, -0.15) is 8.78 Å². The van der Waals surface area contributed by atoms with Crippen LogP contribution in [0.3, 0.4) is 0 Å². The molecule has 1 N–H and O–H groups in total. The second-order valence-corrected chi connectivity index (χ2v) is 8.30. The summed E-state index contributed by atoms with van der Waals surface area (Å²) in [7, 11) is 0. The first-order valence-electron chi connectivity index (χ1n) is 10.1. The quantitative estimate of drug-likeness (QED) is 0.771. The highest BCUT2D eigenvalue weighted by molar-refractivity contribution is 5.99. The summed E-state index contributed by atoms with van der Waals surface area (Å²) in [4.78, 5) is 31.2. The number of hydrogen-bond acceptors (Lipinski definition) is 6. The van der Waals surface area contributed by atoms with Gasteiger partial charge in [0.25, 0.3) is 17.7 Å². The lowest BCUT2D eigenvalue weighted by Gasteiger charge is -2.38. The van der Waals surface area contributed by atoms with Crippen LogP contribution in [0.1, 0.15) is 67.9 Å². The van der Waals surface area contributed by atoms with Crippen LogP contribution in [0, 0.1) is 0 Å². The van der Waals surface area contributed by atoms with E-state index in [1.165, 1.54) is 26.1 Å². The summed E-state index contributed by atoms with van der Waals surface area (Å²) in [5.41, 5.74) is -0.905. The Labute approximate surface area is 176 Å². The maximum atomic E-state index is 14.0. The van der Waals surface area contributed by atoms with Crippen molar-refractivity contribution in [3.63, 3.8) is 0 Å². The summed E-state index contributed by atoms with van der Waals surface area (Å²) in [6, 6.07) is 0.840. The van der Waals surface area contributed by atoms with Crippen LogP contribution in [0.5, 0.6) is 0 Å². The molecule has 0 unspecified atom stereocenters. The molecule has 1 fully saturated rings. The largest absolute Gasteiger partial charge is 0.415 e. The fourth-order valence-electron chi connectivity index (χ4n) is 4.01. The maximum Gasteiger partial charge on any atom is 0.314 e. The molecule has 0 radical (unpaired) electrons. The van der Waals surface area contributed by atoms with Crippen LogP contribution in [-0.2, 0) is 11.3 Å². The molecule has 2 amide bonds. The van der Waals surface area contributed by atoms with Crippen LogP contribution in [-0.4, -0.2) is 49.6 Å². The Bertz CT molecular complexity index is 1000. The van der Waals surface area contributed by atoms with Crippen molar-refractivity contribution in [1.82, 2.24) is 25.4 Å². The van der Waals surface area contributed by atoms with Crippen molar-refractivity contribution >= 4 is 11.8 Å². The third-order valence-electron chi connectivity index (χ3n) is 5.64. The number of hydrogen-bond donors (Lipinski definition) is 1. The topological polar surface area (TPSA) is 101 Å². The zero-order valence-corrected chi connectivity index (χ0v) is 17.1. The number of amides is 2. The highest BCUT2D eigenvalue weighted by Crippen LogP contribution is 2.33. The predicted octanol–water partition coefficient (Wildman–Crippen LogP) is 3.20. The Hall–Kier alpha value is -2.98. The number of halogens is 3. The highest BCUT2D eigenvalue weighted by Gasteiger charge is 2.41. The SMILES string of the molecule is CC(C)(F)C(=O)N[C@@H]1CCCC[C@H]1N1Cc2ncc(-c3nnc(C(F)F)o3)cc2C1=O. The van der Waals surface area contributed by atoms with E-state index in [-0.39, 0.29) is 36.0 Å². The van der Waals surface area contributed by atoms with Gasteiger partial charge in [-0.05, 0) is 32.8 Å². The number of fused-ring (bicyclic) bond motifs is 1. The van der Waals surface area contributed by atoms with E-state index >= 15 is 0 Å². The van der Waals surface area contributed by atoms with Gasteiger partial charge < -0.3 is 14.6 Å². The molecule has 1 saturated carbocycles. The number of rotatable bonds is 5. The fourth-order valence-corrected chi connectivity index (χ4v) is 4.01. The van der Waals surface area contributed by atoms with Gasteiger partial charge in [-0.1, -0.05) is 12.8 Å². The maximum absolute atomic E-state index is 14.0. The van der Waals surface area contributed by atoms with E-state index in [0.717, 1.165) is 12.8 Å². The zero-order valence-electron chi connectivity index (χ0n) is 17.1. The van der Waals surface area contributed by atoms with Gasteiger partial charge in [0.15, 0.2) is 5.67 Å². The lowest BCUT2D eigenvalue weighted by Crippen LogP contribution is -2.56. The van der Waals surface area contributed by atoms with E-state index in [2.05, 4.69) is 20.5 Å². The van der Waals surface area contributed by atoms with Gasteiger partial charge in [-0.3, -0.25) is 14.6 Å². The van der Waals surface area contributed by atoms with Crippen molar-refractivity contribution in [3.05, 3.63) is 29.4 Å². The fraction of sp³-hybridized carbons (Fsp3) is 0.550. The molecule has 2 aromatic heterocycles. The molecule has 8 nitrogen and oxygen atoms in total. The average Bonchev–Trinajstić information content (AvgIpc) is 3.33. The summed E-state index contributed by atoms with van der Waals surface area (Å²) < 4.78 is 44.4. The Morgan fingerprint density at radius 2 is 2.03 bits per heavy atom. The molecule has 166 valence electrons. The third-order valence-corrected chi connectivity index (χ3v) is 5.64. The van der Waals surface area contributed by atoms with Gasteiger partial charge in [0, 0.05) is 12.2 Å². The Kier molecular flexibility index (Phi) is 5.44. The van der Waals surface area contributed by atoms with Crippen LogP contribution in [0.15, 0.2) is 16.7 Å². The number of carbonyl (C=O) groups is 2. The minimum Gasteiger partial charge on any atom is -0.415 e. The molecular weight excluding hydrogens is 415 g/mol. The minimum absolute atomic E-state index is 0.148. The first-order valence-corrected chi connectivity index (χ1v) is 10.1. The Balaban J connectivity index is 1.55. The molecule has 0 spiro atoms. The van der Waals surface area contributed by atoms with Gasteiger partial charge in [0.2, 0.25) is 5.89 Å². The summed E-state index contributed by atoms with van der Waals surface area (Å²) >= 11 is 0. The van der Waals surface area contributed by atoms with Crippen molar-refractivity contribution in [3.8, 4) is 11.5 Å². The van der Waals surface area contributed by atoms with E-state index in [1.54, 1.807) is 4.90 Å². The normalized spacial score (nSPS) is 21.5. The standard InChI is InChI=1S/C20H22F3N5O3/c1-20(2,23)19(30)25-12-5-3-4-6-14(12)28-9-13-11(18(28)29)7-10(8-24-13)16-26-27-17(31-16)15(21)22/h7-8,12,14-15H,3-6,9H2,1-2H3,(H,25,30)/t12-,14-/m1/s1. The van der Waals surface area contributed by atoms with Crippen molar-refractivity contribution in [2.24, 2.45) is 0 Å². The molecule has 0 saturated heterocycles. The molecule has 3 heterocycles. The number of alkyl halides is 3. The zero-order chi connectivity index (χ0) is 22.3. The lowest BCUT2D eigenvalue weighted by molar-refractivity contribution is -0.132. The van der Waals surface area contributed by atoms with Gasteiger partial charge in [0.1, 0.15) is 0 Å². The molecule has 2 aromatic rings. The Morgan fingerprint density at radius 3 is 2.71 bits per heavy atom. The molecule has 2 atom stereocenters. The van der Waals surface area contributed by atoms with Crippen molar-refractivity contribution in [2.45, 2.75) is 70.3 Å². The molecule has 0 bridgehead atoms. The molecular formula is C20H22F3N5O3. The molecule has 4 rings (SSSR count). The van der Waals surface area contributed by atoms with Crippen LogP contribution < -0.4 is 5.32 Å². The first-order chi connectivity index (χ1) is 14.6. The smallest absolute Gasteiger partial charge is 0.314 e. The first kappa shape index (κ1) is 21.3. The van der Waals surface area contributed by atoms with E-state index < -0.39 is 23.9 Å². The van der Waals surface area contributed by atoms with E-state index in [1.807, 2.05) is 0 Å². The molecule has 31 heavy (non-hydrogen) atoms. The number of nitrogens with zero attached hydrogens (tertiary/aromatic N) is 4. The monoisotopic (exact) mass is 437 g/mol. The summed E-state index contributed by atoms with van der Waals surface area (Å²) in [6.45, 7) is 2.63. The molecule has 11 heteroatoms. The van der Waals surface area contributed by atoms with Crippen molar-refractivity contribution < 1.29 is 27.2 Å². The third kappa shape index (κ3) is 4.13. The molecule has 0 aromatic carbocycles. The van der Waals surface area contributed by atoms with E-state index in [9.17, 15) is 22.8 Å². The Morgan fingerprint density at radius 1 is 1.29 bits per heavy atom. The second kappa shape index (κ2) is 7.93. The van der Waals surface area contributed by atoms with Crippen LogP contribution >= 0.6 is 0 Å². The van der Waals surface area contributed by atoms with E-state index in [0.29, 0.717) is 24.1 Å². The average molecular weight is 437 g/mol. The number of pyridine rings is 1. The number of nitrogens with one attached hydrogen (secondary N) is 1. The molecule has 2 aliphatic rings. The van der Waals surface area contributed by atoms with Crippen LogP contribution in [0.25, 0.3) is 11.5 Å². The van der Waals surface area contributed by atoms with Gasteiger partial charge in [-0.25, -0.2) is 4.39 Å². The summed E-state index contributed by atoms with van der Waals surface area (Å²) in [5, 5.41) is 9.63.